The summed E-state index contributed by atoms with van der Waals surface area (Å²) in [5, 5.41) is 19.8. The van der Waals surface area contributed by atoms with Crippen molar-refractivity contribution in [3.8, 4) is 16.9 Å². The summed E-state index contributed by atoms with van der Waals surface area (Å²) in [4.78, 5) is 7.79. The van der Waals surface area contributed by atoms with Crippen LogP contribution >= 0.6 is 0 Å². The molecule has 1 aromatic heterocycles. The zero-order valence-corrected chi connectivity index (χ0v) is 13.3. The Bertz CT molecular complexity index is 714. The van der Waals surface area contributed by atoms with Gasteiger partial charge in [-0.3, -0.25) is 0 Å². The van der Waals surface area contributed by atoms with Crippen LogP contribution in [0.15, 0.2) is 36.9 Å². The summed E-state index contributed by atoms with van der Waals surface area (Å²) in [5.74, 6) is -0.154. The minimum atomic E-state index is -4.87. The average molecular weight is 339 g/mol. The van der Waals surface area contributed by atoms with Gasteiger partial charge in [0.1, 0.15) is 12.1 Å². The molecule has 0 aliphatic rings. The maximum Gasteiger partial charge on any atom is 0.417 e. The fourth-order valence-corrected chi connectivity index (χ4v) is 2.63. The van der Waals surface area contributed by atoms with Gasteiger partial charge in [0.15, 0.2) is 5.60 Å². The fourth-order valence-electron chi connectivity index (χ4n) is 2.63. The molecule has 0 fully saturated rings. The van der Waals surface area contributed by atoms with Crippen molar-refractivity contribution in [1.29, 1.82) is 0 Å². The van der Waals surface area contributed by atoms with E-state index in [2.05, 4.69) is 16.9 Å². The number of phenols is 1. The smallest absolute Gasteiger partial charge is 0.417 e. The molecule has 2 rings (SSSR count). The quantitative estimate of drug-likeness (QED) is 0.892. The van der Waals surface area contributed by atoms with E-state index in [-0.39, 0.29) is 11.3 Å². The molecule has 0 aliphatic carbocycles. The first kappa shape index (κ1) is 18.2. The van der Waals surface area contributed by atoms with Crippen LogP contribution in [0, 0.1) is 6.92 Å². The lowest BCUT2D eigenvalue weighted by Gasteiger charge is -2.35. The van der Waals surface area contributed by atoms with Crippen molar-refractivity contribution in [2.45, 2.75) is 37.5 Å². The lowest BCUT2D eigenvalue weighted by molar-refractivity contribution is -0.247. The normalized spacial score (nSPS) is 15.1. The highest BCUT2D eigenvalue weighted by atomic mass is 19.4. The van der Waals surface area contributed by atoms with Crippen LogP contribution in [0.5, 0.6) is 5.75 Å². The van der Waals surface area contributed by atoms with Gasteiger partial charge in [-0.2, -0.15) is 13.2 Å². The highest BCUT2D eigenvalue weighted by Gasteiger charge is 2.52. The number of phenolic OH excluding ortho intramolecular Hbond substituents is 1. The largest absolute Gasteiger partial charge is 0.508 e. The van der Waals surface area contributed by atoms with Gasteiger partial charge >= 0.3 is 6.18 Å². The molecule has 129 valence electrons. The van der Waals surface area contributed by atoms with E-state index in [1.165, 1.54) is 26.2 Å². The molecule has 1 unspecified atom stereocenters. The first-order valence-electron chi connectivity index (χ1n) is 7.17. The lowest BCUT2D eigenvalue weighted by Crippen LogP contribution is -2.46. The van der Waals surface area contributed by atoms with E-state index in [0.29, 0.717) is 11.1 Å². The SMILES string of the molecule is [CH2]C(O)(CC(C)(C)c1cc(-c2cncnc2)ccc1O)C(F)(F)F. The average Bonchev–Trinajstić information content (AvgIpc) is 2.46. The summed E-state index contributed by atoms with van der Waals surface area (Å²) in [7, 11) is 0. The molecule has 0 saturated heterocycles. The number of benzene rings is 1. The lowest BCUT2D eigenvalue weighted by atomic mass is 9.74. The molecule has 24 heavy (non-hydrogen) atoms. The van der Waals surface area contributed by atoms with Gasteiger partial charge < -0.3 is 10.2 Å². The Balaban J connectivity index is 2.43. The molecule has 1 heterocycles. The predicted molar refractivity (Wildman–Crippen MR) is 83.1 cm³/mol. The van der Waals surface area contributed by atoms with Crippen molar-refractivity contribution in [2.75, 3.05) is 0 Å². The first-order valence-corrected chi connectivity index (χ1v) is 7.17. The molecular formula is C17H18F3N2O2. The van der Waals surface area contributed by atoms with Gasteiger partial charge in [0.05, 0.1) is 0 Å². The van der Waals surface area contributed by atoms with Crippen molar-refractivity contribution >= 4 is 0 Å². The molecule has 0 aliphatic heterocycles. The second kappa shape index (κ2) is 6.05. The van der Waals surface area contributed by atoms with Crippen LogP contribution in [0.3, 0.4) is 0 Å². The third-order valence-corrected chi connectivity index (χ3v) is 3.88. The van der Waals surface area contributed by atoms with Crippen LogP contribution in [-0.2, 0) is 5.41 Å². The number of hydrogen-bond acceptors (Lipinski definition) is 4. The maximum absolute atomic E-state index is 12.9. The van der Waals surface area contributed by atoms with Gasteiger partial charge in [-0.25, -0.2) is 9.97 Å². The Morgan fingerprint density at radius 3 is 2.21 bits per heavy atom. The Morgan fingerprint density at radius 2 is 1.67 bits per heavy atom. The van der Waals surface area contributed by atoms with E-state index in [1.54, 1.807) is 24.5 Å². The van der Waals surface area contributed by atoms with Crippen LogP contribution < -0.4 is 0 Å². The van der Waals surface area contributed by atoms with Gasteiger partial charge in [0.2, 0.25) is 0 Å². The molecule has 0 bridgehead atoms. The number of halogens is 3. The molecule has 0 spiro atoms. The molecule has 0 saturated carbocycles. The number of rotatable bonds is 4. The van der Waals surface area contributed by atoms with Crippen molar-refractivity contribution in [1.82, 2.24) is 9.97 Å². The van der Waals surface area contributed by atoms with E-state index < -0.39 is 23.6 Å². The van der Waals surface area contributed by atoms with Crippen LogP contribution in [0.2, 0.25) is 0 Å². The van der Waals surface area contributed by atoms with Gasteiger partial charge in [-0.15, -0.1) is 0 Å². The van der Waals surface area contributed by atoms with E-state index in [9.17, 15) is 23.4 Å². The number of alkyl halides is 3. The highest BCUT2D eigenvalue weighted by Crippen LogP contribution is 2.43. The third kappa shape index (κ3) is 3.67. The Labute approximate surface area is 138 Å². The van der Waals surface area contributed by atoms with Crippen molar-refractivity contribution in [3.63, 3.8) is 0 Å². The number of aromatic nitrogens is 2. The fraction of sp³-hybridized carbons (Fsp3) is 0.353. The van der Waals surface area contributed by atoms with E-state index in [4.69, 9.17) is 0 Å². The topological polar surface area (TPSA) is 66.2 Å². The number of hydrogen-bond donors (Lipinski definition) is 2. The van der Waals surface area contributed by atoms with Crippen LogP contribution in [-0.4, -0.2) is 32.0 Å². The third-order valence-electron chi connectivity index (χ3n) is 3.88. The highest BCUT2D eigenvalue weighted by molar-refractivity contribution is 5.64. The second-order valence-corrected chi connectivity index (χ2v) is 6.45. The second-order valence-electron chi connectivity index (χ2n) is 6.45. The van der Waals surface area contributed by atoms with Crippen molar-refractivity contribution < 1.29 is 23.4 Å². The zero-order chi connectivity index (χ0) is 18.2. The Morgan fingerprint density at radius 1 is 1.08 bits per heavy atom. The summed E-state index contributed by atoms with van der Waals surface area (Å²) in [5.41, 5.74) is -2.71. The van der Waals surface area contributed by atoms with Crippen molar-refractivity contribution in [2.24, 2.45) is 0 Å². The molecular weight excluding hydrogens is 321 g/mol. The minimum absolute atomic E-state index is 0.154. The van der Waals surface area contributed by atoms with Gasteiger partial charge in [0, 0.05) is 23.5 Å². The molecule has 2 N–H and O–H groups in total. The minimum Gasteiger partial charge on any atom is -0.508 e. The van der Waals surface area contributed by atoms with Crippen LogP contribution in [0.25, 0.3) is 11.1 Å². The summed E-state index contributed by atoms with van der Waals surface area (Å²) >= 11 is 0. The zero-order valence-electron chi connectivity index (χ0n) is 13.3. The predicted octanol–water partition coefficient (Wildman–Crippen LogP) is 3.64. The Hall–Kier alpha value is -2.15. The van der Waals surface area contributed by atoms with Gasteiger partial charge in [0.25, 0.3) is 0 Å². The Kier molecular flexibility index (Phi) is 4.59. The molecule has 4 nitrogen and oxygen atoms in total. The number of nitrogens with zero attached hydrogens (tertiary/aromatic N) is 2. The standard InChI is InChI=1S/C17H18F3N2O2/c1-15(2,9-16(3,24)17(18,19)20)13-6-11(4-5-14(13)23)12-7-21-10-22-8-12/h4-8,10,23-24H,3,9H2,1-2H3. The van der Waals surface area contributed by atoms with E-state index in [0.717, 1.165) is 0 Å². The molecule has 7 heteroatoms. The summed E-state index contributed by atoms with van der Waals surface area (Å²) in [6.07, 6.45) is -1.09. The van der Waals surface area contributed by atoms with Crippen molar-refractivity contribution in [3.05, 3.63) is 49.4 Å². The monoisotopic (exact) mass is 339 g/mol. The van der Waals surface area contributed by atoms with Crippen LogP contribution in [0.4, 0.5) is 13.2 Å². The number of aliphatic hydroxyl groups is 1. The molecule has 0 amide bonds. The molecule has 1 aromatic carbocycles. The molecule has 1 atom stereocenters. The first-order chi connectivity index (χ1) is 10.9. The molecule has 1 radical (unpaired) electrons. The summed E-state index contributed by atoms with van der Waals surface area (Å²) < 4.78 is 38.8. The van der Waals surface area contributed by atoms with E-state index in [1.807, 2.05) is 0 Å². The number of aromatic hydroxyl groups is 1. The van der Waals surface area contributed by atoms with Crippen LogP contribution in [0.1, 0.15) is 25.8 Å². The summed E-state index contributed by atoms with van der Waals surface area (Å²) in [6, 6.07) is 4.59. The summed E-state index contributed by atoms with van der Waals surface area (Å²) in [6.45, 7) is 5.91. The maximum atomic E-state index is 12.9. The molecule has 2 aromatic rings. The van der Waals surface area contributed by atoms with Gasteiger partial charge in [-0.05, 0) is 36.5 Å². The van der Waals surface area contributed by atoms with E-state index >= 15 is 0 Å². The van der Waals surface area contributed by atoms with Gasteiger partial charge in [-0.1, -0.05) is 19.9 Å².